The fourth-order valence-corrected chi connectivity index (χ4v) is 7.14. The van der Waals surface area contributed by atoms with Crippen molar-refractivity contribution in [3.63, 3.8) is 0 Å². The minimum atomic E-state index is 0.250. The standard InChI is InChI=1S/C23H24ClN3S2/c1-2-3-7-18-16-5-4-6-17(16)19-20-21(29-22(19)27-18)23(26-13-25-20)28-12-14-8-10-15(24)11-9-14/h8-11,13,19,22H,2-7,12H2,1H3/t19-,22-/m1/s1. The summed E-state index contributed by atoms with van der Waals surface area (Å²) in [6, 6.07) is 8.07. The molecule has 0 unspecified atom stereocenters. The first-order chi connectivity index (χ1) is 14.2. The van der Waals surface area contributed by atoms with Gasteiger partial charge in [0.1, 0.15) is 16.7 Å². The second kappa shape index (κ2) is 8.44. The van der Waals surface area contributed by atoms with Gasteiger partial charge in [-0.2, -0.15) is 0 Å². The molecule has 5 rings (SSSR count). The average Bonchev–Trinajstić information content (AvgIpc) is 3.36. The van der Waals surface area contributed by atoms with Crippen LogP contribution in [0.15, 0.2) is 56.7 Å². The largest absolute Gasteiger partial charge is 0.274 e. The number of dihydropyridines is 1. The number of allylic oxidation sites excluding steroid dienone is 1. The maximum atomic E-state index is 6.02. The van der Waals surface area contributed by atoms with E-state index in [1.807, 2.05) is 23.9 Å². The van der Waals surface area contributed by atoms with Crippen molar-refractivity contribution in [1.29, 1.82) is 0 Å². The Hall–Kier alpha value is -1.30. The van der Waals surface area contributed by atoms with Crippen molar-refractivity contribution in [1.82, 2.24) is 9.97 Å². The summed E-state index contributed by atoms with van der Waals surface area (Å²) in [4.78, 5) is 15.9. The van der Waals surface area contributed by atoms with Crippen molar-refractivity contribution >= 4 is 40.8 Å². The molecule has 0 spiro atoms. The zero-order valence-corrected chi connectivity index (χ0v) is 18.9. The van der Waals surface area contributed by atoms with Crippen LogP contribution in [-0.4, -0.2) is 21.1 Å². The van der Waals surface area contributed by atoms with E-state index in [-0.39, 0.29) is 5.37 Å². The summed E-state index contributed by atoms with van der Waals surface area (Å²) in [5, 5.41) is 2.12. The van der Waals surface area contributed by atoms with Crippen LogP contribution in [0.3, 0.4) is 0 Å². The molecular formula is C23H24ClN3S2. The average molecular weight is 442 g/mol. The van der Waals surface area contributed by atoms with Crippen molar-refractivity contribution in [2.75, 3.05) is 0 Å². The van der Waals surface area contributed by atoms with Crippen LogP contribution in [0.2, 0.25) is 5.02 Å². The monoisotopic (exact) mass is 441 g/mol. The van der Waals surface area contributed by atoms with Gasteiger partial charge in [0.05, 0.1) is 16.5 Å². The third-order valence-electron chi connectivity index (χ3n) is 5.94. The molecule has 0 radical (unpaired) electrons. The Morgan fingerprint density at radius 2 is 2.03 bits per heavy atom. The Morgan fingerprint density at radius 1 is 1.17 bits per heavy atom. The van der Waals surface area contributed by atoms with Crippen molar-refractivity contribution in [2.24, 2.45) is 4.99 Å². The lowest BCUT2D eigenvalue weighted by Gasteiger charge is -2.26. The smallest absolute Gasteiger partial charge is 0.117 e. The number of fused-ring (bicyclic) bond motifs is 4. The number of unbranched alkanes of at least 4 members (excludes halogenated alkanes) is 1. The number of benzene rings is 1. The summed E-state index contributed by atoms with van der Waals surface area (Å²) in [5.41, 5.74) is 7.02. The van der Waals surface area contributed by atoms with Crippen molar-refractivity contribution in [2.45, 2.75) is 72.4 Å². The van der Waals surface area contributed by atoms with Gasteiger partial charge in [0.15, 0.2) is 0 Å². The number of rotatable bonds is 6. The van der Waals surface area contributed by atoms with Gasteiger partial charge in [0.2, 0.25) is 0 Å². The van der Waals surface area contributed by atoms with E-state index in [1.165, 1.54) is 54.0 Å². The minimum absolute atomic E-state index is 0.250. The second-order valence-electron chi connectivity index (χ2n) is 7.83. The van der Waals surface area contributed by atoms with Crippen LogP contribution in [0, 0.1) is 0 Å². The summed E-state index contributed by atoms with van der Waals surface area (Å²) in [6.45, 7) is 2.26. The number of thioether (sulfide) groups is 2. The molecule has 2 aliphatic heterocycles. The van der Waals surface area contributed by atoms with Gasteiger partial charge in [-0.1, -0.05) is 54.4 Å². The summed E-state index contributed by atoms with van der Waals surface area (Å²) >= 11 is 9.69. The third kappa shape index (κ3) is 3.77. The zero-order chi connectivity index (χ0) is 19.8. The first kappa shape index (κ1) is 19.7. The van der Waals surface area contributed by atoms with Crippen LogP contribution in [0.4, 0.5) is 0 Å². The normalized spacial score (nSPS) is 22.3. The topological polar surface area (TPSA) is 38.1 Å². The lowest BCUT2D eigenvalue weighted by Crippen LogP contribution is -2.21. The van der Waals surface area contributed by atoms with E-state index in [1.54, 1.807) is 29.2 Å². The van der Waals surface area contributed by atoms with E-state index in [9.17, 15) is 0 Å². The maximum absolute atomic E-state index is 6.02. The van der Waals surface area contributed by atoms with Gasteiger partial charge < -0.3 is 0 Å². The number of hydrogen-bond acceptors (Lipinski definition) is 5. The highest BCUT2D eigenvalue weighted by Gasteiger charge is 2.43. The van der Waals surface area contributed by atoms with E-state index in [4.69, 9.17) is 21.6 Å². The quantitative estimate of drug-likeness (QED) is 0.355. The molecule has 0 bridgehead atoms. The number of aliphatic imine (C=N–C) groups is 1. The second-order valence-corrected chi connectivity index (χ2v) is 10.4. The van der Waals surface area contributed by atoms with Gasteiger partial charge in [0.25, 0.3) is 0 Å². The van der Waals surface area contributed by atoms with Crippen molar-refractivity contribution in [3.05, 3.63) is 58.0 Å². The van der Waals surface area contributed by atoms with Gasteiger partial charge in [-0.15, -0.1) is 11.8 Å². The predicted molar refractivity (Wildman–Crippen MR) is 123 cm³/mol. The molecule has 0 saturated carbocycles. The Morgan fingerprint density at radius 3 is 2.86 bits per heavy atom. The van der Waals surface area contributed by atoms with Crippen LogP contribution >= 0.6 is 35.1 Å². The van der Waals surface area contributed by atoms with Crippen LogP contribution in [0.25, 0.3) is 0 Å². The fourth-order valence-electron chi connectivity index (χ4n) is 4.53. The molecule has 150 valence electrons. The van der Waals surface area contributed by atoms with Gasteiger partial charge in [0, 0.05) is 16.5 Å². The van der Waals surface area contributed by atoms with E-state index >= 15 is 0 Å². The highest BCUT2D eigenvalue weighted by molar-refractivity contribution is 8.02. The summed E-state index contributed by atoms with van der Waals surface area (Å²) in [6.07, 6.45) is 9.00. The molecule has 1 aromatic heterocycles. The Balaban J connectivity index is 1.42. The molecule has 6 heteroatoms. The Bertz CT molecular complexity index is 984. The number of halogens is 1. The lowest BCUT2D eigenvalue weighted by atomic mass is 9.87. The van der Waals surface area contributed by atoms with Crippen molar-refractivity contribution < 1.29 is 0 Å². The SMILES string of the molecule is CCCCC1=N[C@@H]2Sc3c(SCc4ccc(Cl)cc4)ncnc3[C@H]2C2=C1CCC2. The van der Waals surface area contributed by atoms with Crippen LogP contribution in [-0.2, 0) is 5.75 Å². The molecule has 1 aromatic carbocycles. The summed E-state index contributed by atoms with van der Waals surface area (Å²) in [7, 11) is 0. The van der Waals surface area contributed by atoms with Gasteiger partial charge in [-0.05, 0) is 55.4 Å². The maximum Gasteiger partial charge on any atom is 0.117 e. The molecule has 0 N–H and O–H groups in total. The van der Waals surface area contributed by atoms with Gasteiger partial charge in [-0.25, -0.2) is 9.97 Å². The molecule has 3 heterocycles. The summed E-state index contributed by atoms with van der Waals surface area (Å²) in [5.74, 6) is 1.24. The van der Waals surface area contributed by atoms with E-state index < -0.39 is 0 Å². The fraction of sp³-hybridized carbons (Fsp3) is 0.435. The molecule has 29 heavy (non-hydrogen) atoms. The highest BCUT2D eigenvalue weighted by atomic mass is 35.5. The summed E-state index contributed by atoms with van der Waals surface area (Å²) < 4.78 is 0. The van der Waals surface area contributed by atoms with E-state index in [0.717, 1.165) is 22.2 Å². The van der Waals surface area contributed by atoms with Crippen LogP contribution in [0.5, 0.6) is 0 Å². The molecule has 1 aliphatic carbocycles. The molecule has 0 amide bonds. The molecule has 3 nitrogen and oxygen atoms in total. The number of aromatic nitrogens is 2. The molecule has 2 aromatic rings. The molecule has 2 atom stereocenters. The van der Waals surface area contributed by atoms with Gasteiger partial charge in [-0.3, -0.25) is 4.99 Å². The zero-order valence-electron chi connectivity index (χ0n) is 16.5. The minimum Gasteiger partial charge on any atom is -0.274 e. The van der Waals surface area contributed by atoms with E-state index in [0.29, 0.717) is 5.92 Å². The predicted octanol–water partition coefficient (Wildman–Crippen LogP) is 7.06. The van der Waals surface area contributed by atoms with Gasteiger partial charge >= 0.3 is 0 Å². The number of hydrogen-bond donors (Lipinski definition) is 0. The molecule has 3 aliphatic rings. The first-order valence-electron chi connectivity index (χ1n) is 10.4. The third-order valence-corrected chi connectivity index (χ3v) is 8.64. The van der Waals surface area contributed by atoms with E-state index in [2.05, 4.69) is 24.0 Å². The molecule has 0 fully saturated rings. The van der Waals surface area contributed by atoms with Crippen LogP contribution in [0.1, 0.15) is 62.6 Å². The molecule has 0 saturated heterocycles. The van der Waals surface area contributed by atoms with Crippen LogP contribution < -0.4 is 0 Å². The Kier molecular flexibility index (Phi) is 5.72. The lowest BCUT2D eigenvalue weighted by molar-refractivity contribution is 0.687. The highest BCUT2D eigenvalue weighted by Crippen LogP contribution is 2.56. The first-order valence-corrected chi connectivity index (χ1v) is 12.7. The Labute approximate surface area is 185 Å². The van der Waals surface area contributed by atoms with Crippen molar-refractivity contribution in [3.8, 4) is 0 Å². The molecular weight excluding hydrogens is 418 g/mol. The number of nitrogens with zero attached hydrogens (tertiary/aromatic N) is 3.